The monoisotopic (exact) mass is 343 g/mol. The molecule has 4 nitrogen and oxygen atoms in total. The number of alkyl halides is 3. The van der Waals surface area contributed by atoms with Gasteiger partial charge in [-0.25, -0.2) is 0 Å². The third-order valence-corrected chi connectivity index (χ3v) is 5.03. The molecule has 1 N–H and O–H groups in total. The molecule has 1 amide bonds. The average molecular weight is 343 g/mol. The van der Waals surface area contributed by atoms with Crippen LogP contribution in [0.1, 0.15) is 35.2 Å². The first-order chi connectivity index (χ1) is 11.4. The third-order valence-electron chi connectivity index (χ3n) is 5.03. The van der Waals surface area contributed by atoms with Crippen molar-refractivity contribution in [3.63, 3.8) is 0 Å². The molecule has 0 spiro atoms. The number of phenolic OH excluding ortho intramolecular Hbond substituents is 1. The summed E-state index contributed by atoms with van der Waals surface area (Å²) >= 11 is 0. The zero-order valence-electron chi connectivity index (χ0n) is 13.2. The summed E-state index contributed by atoms with van der Waals surface area (Å²) in [5.41, 5.74) is -1.46. The van der Waals surface area contributed by atoms with Gasteiger partial charge in [-0.2, -0.15) is 13.2 Å². The fourth-order valence-corrected chi connectivity index (χ4v) is 3.61. The highest BCUT2D eigenvalue weighted by molar-refractivity contribution is 5.97. The number of phenols is 1. The highest BCUT2D eigenvalue weighted by atomic mass is 19.4. The largest absolute Gasteiger partial charge is 0.506 e. The lowest BCUT2D eigenvalue weighted by Gasteiger charge is -2.34. The second-order valence-electron chi connectivity index (χ2n) is 6.45. The summed E-state index contributed by atoms with van der Waals surface area (Å²) in [7, 11) is 0. The maximum absolute atomic E-state index is 12.9. The van der Waals surface area contributed by atoms with Crippen LogP contribution in [-0.2, 0) is 10.9 Å². The second kappa shape index (κ2) is 6.63. The molecule has 3 rings (SSSR count). The molecule has 7 heteroatoms. The molecule has 24 heavy (non-hydrogen) atoms. The van der Waals surface area contributed by atoms with Crippen LogP contribution < -0.4 is 0 Å². The van der Waals surface area contributed by atoms with Gasteiger partial charge in [0.2, 0.25) is 0 Å². The number of hydrogen-bond acceptors (Lipinski definition) is 3. The number of amides is 1. The number of piperidine rings is 1. The minimum absolute atomic E-state index is 0.285. The summed E-state index contributed by atoms with van der Waals surface area (Å²) in [6, 6.07) is 3.17. The number of ether oxygens (including phenoxy) is 1. The molecule has 2 fully saturated rings. The predicted molar refractivity (Wildman–Crippen MR) is 80.7 cm³/mol. The van der Waals surface area contributed by atoms with Crippen molar-refractivity contribution >= 4 is 5.91 Å². The van der Waals surface area contributed by atoms with Crippen molar-refractivity contribution in [3.8, 4) is 5.75 Å². The fourth-order valence-electron chi connectivity index (χ4n) is 3.61. The van der Waals surface area contributed by atoms with E-state index in [1.165, 1.54) is 11.0 Å². The van der Waals surface area contributed by atoms with Crippen LogP contribution in [0, 0.1) is 11.8 Å². The summed E-state index contributed by atoms with van der Waals surface area (Å²) in [6.45, 7) is 2.53. The van der Waals surface area contributed by atoms with E-state index in [1.54, 1.807) is 0 Å². The quantitative estimate of drug-likeness (QED) is 0.896. The van der Waals surface area contributed by atoms with Gasteiger partial charge in [-0.3, -0.25) is 4.79 Å². The summed E-state index contributed by atoms with van der Waals surface area (Å²) in [4.78, 5) is 14.0. The minimum Gasteiger partial charge on any atom is -0.506 e. The van der Waals surface area contributed by atoms with Crippen LogP contribution in [0.25, 0.3) is 0 Å². The molecule has 0 aliphatic carbocycles. The number of benzene rings is 1. The Bertz CT molecular complexity index is 604. The van der Waals surface area contributed by atoms with E-state index >= 15 is 0 Å². The smallest absolute Gasteiger partial charge is 0.419 e. The number of likely N-dealkylation sites (tertiary alicyclic amines) is 1. The number of aromatic hydroxyl groups is 1. The van der Waals surface area contributed by atoms with Crippen molar-refractivity contribution < 1.29 is 27.8 Å². The topological polar surface area (TPSA) is 49.8 Å². The fraction of sp³-hybridized carbons (Fsp3) is 0.588. The van der Waals surface area contributed by atoms with E-state index in [9.17, 15) is 23.1 Å². The lowest BCUT2D eigenvalue weighted by Crippen LogP contribution is -2.40. The SMILES string of the molecule is O=C(c1cccc(C(F)(F)F)c1O)N1CCC(C2CCOC2)CC1. The van der Waals surface area contributed by atoms with E-state index in [1.807, 2.05) is 0 Å². The van der Waals surface area contributed by atoms with Crippen molar-refractivity contribution in [2.45, 2.75) is 25.4 Å². The number of rotatable bonds is 2. The molecule has 132 valence electrons. The van der Waals surface area contributed by atoms with Crippen LogP contribution >= 0.6 is 0 Å². The van der Waals surface area contributed by atoms with Gasteiger partial charge in [0, 0.05) is 26.3 Å². The first kappa shape index (κ1) is 17.1. The Labute approximate surface area is 138 Å². The van der Waals surface area contributed by atoms with E-state index in [-0.39, 0.29) is 5.56 Å². The number of carbonyl (C=O) groups is 1. The van der Waals surface area contributed by atoms with Crippen molar-refractivity contribution in [3.05, 3.63) is 29.3 Å². The van der Waals surface area contributed by atoms with Gasteiger partial charge in [-0.05, 0) is 43.2 Å². The predicted octanol–water partition coefficient (Wildman–Crippen LogP) is 3.30. The molecule has 1 unspecified atom stereocenters. The molecule has 2 aliphatic rings. The van der Waals surface area contributed by atoms with Gasteiger partial charge in [0.15, 0.2) is 0 Å². The molecule has 0 bridgehead atoms. The van der Waals surface area contributed by atoms with Gasteiger partial charge in [0.1, 0.15) is 5.75 Å². The van der Waals surface area contributed by atoms with Crippen LogP contribution in [0.2, 0.25) is 0 Å². The summed E-state index contributed by atoms with van der Waals surface area (Å²) in [5, 5.41) is 9.87. The van der Waals surface area contributed by atoms with Crippen LogP contribution in [0.3, 0.4) is 0 Å². The van der Waals surface area contributed by atoms with Gasteiger partial charge in [0.25, 0.3) is 5.91 Å². The average Bonchev–Trinajstić information content (AvgIpc) is 3.08. The Morgan fingerprint density at radius 1 is 1.17 bits per heavy atom. The van der Waals surface area contributed by atoms with E-state index in [0.717, 1.165) is 44.6 Å². The molecular formula is C17H20F3NO3. The van der Waals surface area contributed by atoms with Crippen molar-refractivity contribution in [2.75, 3.05) is 26.3 Å². The lowest BCUT2D eigenvalue weighted by atomic mass is 9.84. The van der Waals surface area contributed by atoms with Gasteiger partial charge < -0.3 is 14.7 Å². The number of para-hydroxylation sites is 1. The zero-order chi connectivity index (χ0) is 17.3. The number of halogens is 3. The van der Waals surface area contributed by atoms with E-state index in [2.05, 4.69) is 0 Å². The molecule has 2 heterocycles. The maximum Gasteiger partial charge on any atom is 0.419 e. The number of nitrogens with zero attached hydrogens (tertiary/aromatic N) is 1. The van der Waals surface area contributed by atoms with Gasteiger partial charge >= 0.3 is 6.18 Å². The first-order valence-corrected chi connectivity index (χ1v) is 8.14. The summed E-state index contributed by atoms with van der Waals surface area (Å²) in [6.07, 6.45) is -2.01. The third kappa shape index (κ3) is 3.36. The van der Waals surface area contributed by atoms with Crippen molar-refractivity contribution in [2.24, 2.45) is 11.8 Å². The van der Waals surface area contributed by atoms with Gasteiger partial charge in [-0.15, -0.1) is 0 Å². The normalized spacial score (nSPS) is 22.8. The molecule has 1 aromatic rings. The summed E-state index contributed by atoms with van der Waals surface area (Å²) in [5.74, 6) is -0.517. The van der Waals surface area contributed by atoms with E-state index in [4.69, 9.17) is 4.74 Å². The second-order valence-corrected chi connectivity index (χ2v) is 6.45. The van der Waals surface area contributed by atoms with Crippen LogP contribution in [0.4, 0.5) is 13.2 Å². The van der Waals surface area contributed by atoms with Gasteiger partial charge in [-0.1, -0.05) is 6.07 Å². The van der Waals surface area contributed by atoms with Crippen molar-refractivity contribution in [1.82, 2.24) is 4.90 Å². The molecule has 0 radical (unpaired) electrons. The van der Waals surface area contributed by atoms with E-state index in [0.29, 0.717) is 24.9 Å². The molecule has 0 aromatic heterocycles. The maximum atomic E-state index is 12.9. The molecule has 0 saturated carbocycles. The molecule has 1 atom stereocenters. The Hall–Kier alpha value is -1.76. The van der Waals surface area contributed by atoms with Crippen LogP contribution in [0.5, 0.6) is 5.75 Å². The molecule has 2 aliphatic heterocycles. The lowest BCUT2D eigenvalue weighted by molar-refractivity contribution is -0.138. The molecular weight excluding hydrogens is 323 g/mol. The van der Waals surface area contributed by atoms with E-state index < -0.39 is 23.4 Å². The highest BCUT2D eigenvalue weighted by Crippen LogP contribution is 2.38. The Kier molecular flexibility index (Phi) is 4.71. The summed E-state index contributed by atoms with van der Waals surface area (Å²) < 4.78 is 44.0. The van der Waals surface area contributed by atoms with Crippen LogP contribution in [0.15, 0.2) is 18.2 Å². The van der Waals surface area contributed by atoms with Gasteiger partial charge in [0.05, 0.1) is 11.1 Å². The Balaban J connectivity index is 1.69. The standard InChI is InChI=1S/C17H20F3NO3/c18-17(19,20)14-3-1-2-13(15(14)22)16(23)21-7-4-11(5-8-21)12-6-9-24-10-12/h1-3,11-12,22H,4-10H2. The molecule has 2 saturated heterocycles. The number of hydrogen-bond donors (Lipinski definition) is 1. The van der Waals surface area contributed by atoms with Crippen molar-refractivity contribution in [1.29, 1.82) is 0 Å². The minimum atomic E-state index is -4.68. The highest BCUT2D eigenvalue weighted by Gasteiger charge is 2.37. The Morgan fingerprint density at radius 3 is 2.46 bits per heavy atom. The van der Waals surface area contributed by atoms with Crippen LogP contribution in [-0.4, -0.2) is 42.2 Å². The molecule has 1 aromatic carbocycles. The first-order valence-electron chi connectivity index (χ1n) is 8.14. The number of carbonyl (C=O) groups excluding carboxylic acids is 1. The Morgan fingerprint density at radius 2 is 1.88 bits per heavy atom. The zero-order valence-corrected chi connectivity index (χ0v) is 13.2.